The molecule has 1 N–H and O–H groups in total. The normalized spacial score (nSPS) is 28.2. The molecule has 3 atom stereocenters. The van der Waals surface area contributed by atoms with Gasteiger partial charge in [-0.3, -0.25) is 14.5 Å². The highest BCUT2D eigenvalue weighted by Crippen LogP contribution is 2.30. The van der Waals surface area contributed by atoms with Crippen LogP contribution in [-0.2, 0) is 26.3 Å². The van der Waals surface area contributed by atoms with Crippen molar-refractivity contribution < 1.29 is 18.0 Å². The van der Waals surface area contributed by atoms with E-state index in [9.17, 15) is 18.0 Å². The summed E-state index contributed by atoms with van der Waals surface area (Å²) in [6, 6.07) is 9.56. The molecule has 36 heavy (non-hydrogen) atoms. The summed E-state index contributed by atoms with van der Waals surface area (Å²) in [5.74, 6) is -0.995. The predicted molar refractivity (Wildman–Crippen MR) is 132 cm³/mol. The summed E-state index contributed by atoms with van der Waals surface area (Å²) in [6.07, 6.45) is 2.57. The van der Waals surface area contributed by atoms with Gasteiger partial charge in [0, 0.05) is 45.8 Å². The van der Waals surface area contributed by atoms with Crippen molar-refractivity contribution in [1.29, 1.82) is 5.26 Å². The van der Waals surface area contributed by atoms with Gasteiger partial charge in [0.15, 0.2) is 0 Å². The molecule has 5 rings (SSSR count). The molecule has 4 aliphatic heterocycles. The first-order valence-corrected chi connectivity index (χ1v) is 14.2. The van der Waals surface area contributed by atoms with Gasteiger partial charge in [0.05, 0.1) is 23.9 Å². The van der Waals surface area contributed by atoms with Crippen LogP contribution in [0.2, 0.25) is 0 Å². The summed E-state index contributed by atoms with van der Waals surface area (Å²) < 4.78 is 28.7. The summed E-state index contributed by atoms with van der Waals surface area (Å²) in [7, 11) is -1.65. The van der Waals surface area contributed by atoms with Gasteiger partial charge in [-0.1, -0.05) is 24.3 Å². The fourth-order valence-electron chi connectivity index (χ4n) is 5.94. The molecule has 0 radical (unpaired) electrons. The maximum Gasteiger partial charge on any atom is 0.282 e. The van der Waals surface area contributed by atoms with Crippen LogP contribution >= 0.6 is 0 Å². The van der Waals surface area contributed by atoms with Crippen molar-refractivity contribution in [3.05, 3.63) is 35.4 Å². The van der Waals surface area contributed by atoms with Crippen LogP contribution in [0.3, 0.4) is 0 Å². The van der Waals surface area contributed by atoms with Gasteiger partial charge in [-0.05, 0) is 43.9 Å². The smallest absolute Gasteiger partial charge is 0.282 e. The molecule has 4 heterocycles. The fraction of sp³-hybridized carbons (Fsp3) is 0.640. The van der Waals surface area contributed by atoms with E-state index in [2.05, 4.69) is 28.4 Å². The molecule has 0 bridgehead atoms. The second kappa shape index (κ2) is 10.1. The molecule has 1 aromatic carbocycles. The number of likely N-dealkylation sites (N-methyl/N-ethyl adjacent to an activating group) is 1. The van der Waals surface area contributed by atoms with Gasteiger partial charge >= 0.3 is 0 Å². The average molecular weight is 515 g/mol. The monoisotopic (exact) mass is 514 g/mol. The number of benzene rings is 1. The van der Waals surface area contributed by atoms with Gasteiger partial charge in [-0.15, -0.1) is 0 Å². The van der Waals surface area contributed by atoms with Crippen LogP contribution < -0.4 is 5.32 Å². The minimum atomic E-state index is -3.68. The van der Waals surface area contributed by atoms with E-state index in [1.165, 1.54) is 14.2 Å². The molecule has 4 aliphatic rings. The lowest BCUT2D eigenvalue weighted by Crippen LogP contribution is -2.57. The average Bonchev–Trinajstić information content (AvgIpc) is 3.33. The maximum atomic E-state index is 13.5. The van der Waals surface area contributed by atoms with Gasteiger partial charge in [0.25, 0.3) is 10.2 Å². The molecule has 11 heteroatoms. The Morgan fingerprint density at radius 2 is 1.78 bits per heavy atom. The highest BCUT2D eigenvalue weighted by Gasteiger charge is 2.44. The van der Waals surface area contributed by atoms with Crippen molar-refractivity contribution in [2.24, 2.45) is 11.8 Å². The minimum absolute atomic E-state index is 0.126. The second-order valence-electron chi connectivity index (χ2n) is 10.5. The standard InChI is InChI=1S/C25H34N6O4S/c1-28-15-19-6-2-3-8-21(19)22(17-28)27-24(32)23-9-5-11-31(23)25(33)20-7-4-10-29(16-20)36(34,35)30-13-18(12-26)14-30/h2-3,6,8,18,20,22-23H,4-5,7,9-11,13-17H2,1H3,(H,27,32)/t20-,22?,23+/m0/s1. The maximum absolute atomic E-state index is 13.5. The fourth-order valence-corrected chi connectivity index (χ4v) is 7.73. The number of nitrogens with zero attached hydrogens (tertiary/aromatic N) is 5. The first kappa shape index (κ1) is 25.1. The lowest BCUT2D eigenvalue weighted by atomic mass is 9.95. The Morgan fingerprint density at radius 1 is 1.03 bits per heavy atom. The van der Waals surface area contributed by atoms with Crippen LogP contribution in [0.1, 0.15) is 42.9 Å². The van der Waals surface area contributed by atoms with E-state index >= 15 is 0 Å². The first-order chi connectivity index (χ1) is 17.3. The van der Waals surface area contributed by atoms with Crippen molar-refractivity contribution in [2.75, 3.05) is 46.3 Å². The molecular weight excluding hydrogens is 480 g/mol. The predicted octanol–water partition coefficient (Wildman–Crippen LogP) is 0.692. The van der Waals surface area contributed by atoms with Gasteiger partial charge < -0.3 is 10.2 Å². The summed E-state index contributed by atoms with van der Waals surface area (Å²) in [5, 5.41) is 12.2. The molecule has 1 aromatic rings. The SMILES string of the molecule is CN1Cc2ccccc2C(NC(=O)[C@H]2CCCN2C(=O)[C@H]2CCCN(S(=O)(=O)N3CC(C#N)C3)C2)C1. The van der Waals surface area contributed by atoms with Crippen LogP contribution in [0.4, 0.5) is 0 Å². The topological polar surface area (TPSA) is 117 Å². The van der Waals surface area contributed by atoms with E-state index in [0.717, 1.165) is 18.5 Å². The third-order valence-electron chi connectivity index (χ3n) is 7.94. The largest absolute Gasteiger partial charge is 0.346 e. The number of fused-ring (bicyclic) bond motifs is 1. The zero-order valence-corrected chi connectivity index (χ0v) is 21.5. The second-order valence-corrected chi connectivity index (χ2v) is 12.4. The molecule has 0 aromatic heterocycles. The number of amides is 2. The summed E-state index contributed by atoms with van der Waals surface area (Å²) in [4.78, 5) is 30.8. The van der Waals surface area contributed by atoms with E-state index < -0.39 is 22.2 Å². The quantitative estimate of drug-likeness (QED) is 0.618. The number of hydrogen-bond acceptors (Lipinski definition) is 6. The van der Waals surface area contributed by atoms with Crippen molar-refractivity contribution in [2.45, 2.75) is 44.3 Å². The van der Waals surface area contributed by atoms with Crippen LogP contribution in [-0.4, -0.2) is 91.0 Å². The zero-order chi connectivity index (χ0) is 25.4. The lowest BCUT2D eigenvalue weighted by molar-refractivity contribution is -0.142. The number of likely N-dealkylation sites (tertiary alicyclic amines) is 1. The van der Waals surface area contributed by atoms with Gasteiger partial charge in [-0.2, -0.15) is 22.3 Å². The Kier molecular flexibility index (Phi) is 7.05. The van der Waals surface area contributed by atoms with Gasteiger partial charge in [-0.25, -0.2) is 0 Å². The Balaban J connectivity index is 1.24. The third-order valence-corrected chi connectivity index (χ3v) is 9.87. The third kappa shape index (κ3) is 4.75. The molecule has 0 aliphatic carbocycles. The number of nitriles is 1. The first-order valence-electron chi connectivity index (χ1n) is 12.8. The van der Waals surface area contributed by atoms with Crippen molar-refractivity contribution in [3.63, 3.8) is 0 Å². The molecule has 0 spiro atoms. The number of carbonyl (C=O) groups is 2. The van der Waals surface area contributed by atoms with Crippen molar-refractivity contribution in [1.82, 2.24) is 23.7 Å². The molecule has 10 nitrogen and oxygen atoms in total. The molecule has 2 amide bonds. The zero-order valence-electron chi connectivity index (χ0n) is 20.7. The molecule has 194 valence electrons. The van der Waals surface area contributed by atoms with E-state index in [0.29, 0.717) is 38.9 Å². The summed E-state index contributed by atoms with van der Waals surface area (Å²) in [6.45, 7) is 2.98. The highest BCUT2D eigenvalue weighted by molar-refractivity contribution is 7.86. The Labute approximate surface area is 213 Å². The highest BCUT2D eigenvalue weighted by atomic mass is 32.2. The molecule has 3 saturated heterocycles. The summed E-state index contributed by atoms with van der Waals surface area (Å²) in [5.41, 5.74) is 2.32. The van der Waals surface area contributed by atoms with Crippen LogP contribution in [0, 0.1) is 23.2 Å². The number of carbonyl (C=O) groups excluding carboxylic acids is 2. The number of nitrogens with one attached hydrogen (secondary N) is 1. The van der Waals surface area contributed by atoms with Crippen LogP contribution in [0.15, 0.2) is 24.3 Å². The van der Waals surface area contributed by atoms with E-state index in [4.69, 9.17) is 5.26 Å². The molecule has 0 saturated carbocycles. The summed E-state index contributed by atoms with van der Waals surface area (Å²) >= 11 is 0. The molecular formula is C25H34N6O4S. The van der Waals surface area contributed by atoms with E-state index in [1.54, 1.807) is 4.90 Å². The van der Waals surface area contributed by atoms with Gasteiger partial charge in [0.2, 0.25) is 11.8 Å². The van der Waals surface area contributed by atoms with E-state index in [-0.39, 0.29) is 43.4 Å². The molecule has 3 fully saturated rings. The number of piperidine rings is 1. The Hall–Kier alpha value is -2.52. The van der Waals surface area contributed by atoms with Crippen LogP contribution in [0.5, 0.6) is 0 Å². The number of rotatable bonds is 5. The Bertz CT molecular complexity index is 1160. The lowest BCUT2D eigenvalue weighted by Gasteiger charge is -2.41. The van der Waals surface area contributed by atoms with Crippen molar-refractivity contribution >= 4 is 22.0 Å². The minimum Gasteiger partial charge on any atom is -0.346 e. The van der Waals surface area contributed by atoms with Crippen molar-refractivity contribution in [3.8, 4) is 6.07 Å². The van der Waals surface area contributed by atoms with E-state index in [1.807, 2.05) is 19.2 Å². The Morgan fingerprint density at radius 3 is 2.56 bits per heavy atom. The van der Waals surface area contributed by atoms with Gasteiger partial charge in [0.1, 0.15) is 6.04 Å². The van der Waals surface area contributed by atoms with Crippen LogP contribution in [0.25, 0.3) is 0 Å². The number of hydrogen-bond donors (Lipinski definition) is 1. The molecule has 1 unspecified atom stereocenters.